The van der Waals surface area contributed by atoms with Crippen molar-refractivity contribution >= 4 is 5.91 Å². The standard InChI is InChI=1S/C16H27NO3/c1-15(2)5-3-13(4-6-15)11-14(18)17-8-7-16(12-17)19-9-10-20-16/h13H,3-12H2,1-2H3. The van der Waals surface area contributed by atoms with Gasteiger partial charge in [-0.2, -0.15) is 0 Å². The van der Waals surface area contributed by atoms with E-state index in [2.05, 4.69) is 13.8 Å². The predicted octanol–water partition coefficient (Wildman–Crippen LogP) is 2.57. The van der Waals surface area contributed by atoms with Crippen LogP contribution in [0, 0.1) is 11.3 Å². The predicted molar refractivity (Wildman–Crippen MR) is 76.2 cm³/mol. The van der Waals surface area contributed by atoms with Crippen LogP contribution in [0.5, 0.6) is 0 Å². The molecular weight excluding hydrogens is 254 g/mol. The highest BCUT2D eigenvalue weighted by molar-refractivity contribution is 5.76. The second kappa shape index (κ2) is 5.30. The lowest BCUT2D eigenvalue weighted by Crippen LogP contribution is -2.37. The summed E-state index contributed by atoms with van der Waals surface area (Å²) in [6.07, 6.45) is 6.44. The van der Waals surface area contributed by atoms with Gasteiger partial charge in [-0.1, -0.05) is 13.8 Å². The van der Waals surface area contributed by atoms with Crippen LogP contribution in [0.25, 0.3) is 0 Å². The van der Waals surface area contributed by atoms with E-state index in [1.807, 2.05) is 4.90 Å². The molecule has 20 heavy (non-hydrogen) atoms. The smallest absolute Gasteiger partial charge is 0.223 e. The molecule has 0 radical (unpaired) electrons. The van der Waals surface area contributed by atoms with Crippen molar-refractivity contribution in [1.29, 1.82) is 0 Å². The van der Waals surface area contributed by atoms with Gasteiger partial charge in [0.1, 0.15) is 0 Å². The van der Waals surface area contributed by atoms with Crippen molar-refractivity contribution in [2.45, 2.75) is 58.2 Å². The van der Waals surface area contributed by atoms with Crippen LogP contribution >= 0.6 is 0 Å². The molecule has 2 aliphatic heterocycles. The lowest BCUT2D eigenvalue weighted by molar-refractivity contribution is -0.153. The zero-order valence-corrected chi connectivity index (χ0v) is 12.8. The van der Waals surface area contributed by atoms with Crippen LogP contribution in [0.15, 0.2) is 0 Å². The van der Waals surface area contributed by atoms with Gasteiger partial charge in [0.15, 0.2) is 5.79 Å². The Bertz CT molecular complexity index is 364. The fraction of sp³-hybridized carbons (Fsp3) is 0.938. The topological polar surface area (TPSA) is 38.8 Å². The molecule has 1 amide bonds. The number of likely N-dealkylation sites (tertiary alicyclic amines) is 1. The van der Waals surface area contributed by atoms with Crippen LogP contribution in [0.4, 0.5) is 0 Å². The van der Waals surface area contributed by atoms with Crippen LogP contribution in [0.1, 0.15) is 52.4 Å². The number of hydrogen-bond acceptors (Lipinski definition) is 3. The third kappa shape index (κ3) is 3.01. The molecule has 1 saturated carbocycles. The summed E-state index contributed by atoms with van der Waals surface area (Å²) in [6.45, 7) is 7.43. The molecule has 4 nitrogen and oxygen atoms in total. The van der Waals surface area contributed by atoms with Crippen molar-refractivity contribution in [1.82, 2.24) is 4.90 Å². The Kier molecular flexibility index (Phi) is 3.80. The number of rotatable bonds is 2. The van der Waals surface area contributed by atoms with Gasteiger partial charge in [-0.05, 0) is 37.0 Å². The molecule has 0 aromatic rings. The van der Waals surface area contributed by atoms with Gasteiger partial charge in [0, 0.05) is 19.4 Å². The molecule has 0 unspecified atom stereocenters. The first-order valence-corrected chi connectivity index (χ1v) is 8.04. The van der Waals surface area contributed by atoms with E-state index in [1.165, 1.54) is 25.7 Å². The number of carbonyl (C=O) groups excluding carboxylic acids is 1. The molecule has 114 valence electrons. The Hall–Kier alpha value is -0.610. The summed E-state index contributed by atoms with van der Waals surface area (Å²) in [4.78, 5) is 14.4. The highest BCUT2D eigenvalue weighted by atomic mass is 16.7. The maximum absolute atomic E-state index is 12.4. The van der Waals surface area contributed by atoms with E-state index < -0.39 is 5.79 Å². The van der Waals surface area contributed by atoms with Crippen LogP contribution in [-0.4, -0.2) is 42.9 Å². The summed E-state index contributed by atoms with van der Waals surface area (Å²) in [6, 6.07) is 0. The Labute approximate surface area is 121 Å². The molecule has 0 N–H and O–H groups in total. The summed E-state index contributed by atoms with van der Waals surface area (Å²) in [7, 11) is 0. The number of carbonyl (C=O) groups is 1. The van der Waals surface area contributed by atoms with Gasteiger partial charge in [-0.3, -0.25) is 4.79 Å². The molecule has 1 aliphatic carbocycles. The fourth-order valence-electron chi connectivity index (χ4n) is 3.74. The minimum atomic E-state index is -0.468. The lowest BCUT2D eigenvalue weighted by atomic mass is 9.72. The van der Waals surface area contributed by atoms with Crippen LogP contribution in [0.3, 0.4) is 0 Å². The Morgan fingerprint density at radius 1 is 1.15 bits per heavy atom. The fourth-order valence-corrected chi connectivity index (χ4v) is 3.74. The second-order valence-corrected chi connectivity index (χ2v) is 7.48. The minimum Gasteiger partial charge on any atom is -0.346 e. The molecule has 3 fully saturated rings. The Morgan fingerprint density at radius 3 is 2.45 bits per heavy atom. The molecule has 0 aromatic carbocycles. The summed E-state index contributed by atoms with van der Waals surface area (Å²) < 4.78 is 11.4. The van der Waals surface area contributed by atoms with Gasteiger partial charge < -0.3 is 14.4 Å². The normalized spacial score (nSPS) is 29.2. The largest absolute Gasteiger partial charge is 0.346 e. The summed E-state index contributed by atoms with van der Waals surface area (Å²) in [5.41, 5.74) is 0.475. The van der Waals surface area contributed by atoms with Gasteiger partial charge in [-0.15, -0.1) is 0 Å². The zero-order chi connectivity index (χ0) is 14.2. The van der Waals surface area contributed by atoms with Crippen LogP contribution in [0.2, 0.25) is 0 Å². The number of hydrogen-bond donors (Lipinski definition) is 0. The SMILES string of the molecule is CC1(C)CCC(CC(=O)N2CCC3(C2)OCCO3)CC1. The number of nitrogens with zero attached hydrogens (tertiary/aromatic N) is 1. The first-order chi connectivity index (χ1) is 9.48. The molecule has 1 spiro atoms. The van der Waals surface area contributed by atoms with Crippen molar-refractivity contribution in [3.63, 3.8) is 0 Å². The Morgan fingerprint density at radius 2 is 1.80 bits per heavy atom. The highest BCUT2D eigenvalue weighted by Crippen LogP contribution is 2.39. The van der Waals surface area contributed by atoms with E-state index >= 15 is 0 Å². The van der Waals surface area contributed by atoms with E-state index in [0.29, 0.717) is 43.4 Å². The average Bonchev–Trinajstić information content (AvgIpc) is 3.03. The summed E-state index contributed by atoms with van der Waals surface area (Å²) in [5, 5.41) is 0. The van der Waals surface area contributed by atoms with E-state index in [1.54, 1.807) is 0 Å². The zero-order valence-electron chi connectivity index (χ0n) is 12.8. The molecule has 3 aliphatic rings. The second-order valence-electron chi connectivity index (χ2n) is 7.48. The van der Waals surface area contributed by atoms with Gasteiger partial charge >= 0.3 is 0 Å². The molecule has 0 atom stereocenters. The first kappa shape index (κ1) is 14.3. The van der Waals surface area contributed by atoms with Gasteiger partial charge in [0.05, 0.1) is 19.8 Å². The lowest BCUT2D eigenvalue weighted by Gasteiger charge is -2.34. The maximum Gasteiger partial charge on any atom is 0.223 e. The van der Waals surface area contributed by atoms with Crippen molar-refractivity contribution in [3.05, 3.63) is 0 Å². The van der Waals surface area contributed by atoms with Crippen molar-refractivity contribution in [3.8, 4) is 0 Å². The summed E-state index contributed by atoms with van der Waals surface area (Å²) >= 11 is 0. The van der Waals surface area contributed by atoms with E-state index in [4.69, 9.17) is 9.47 Å². The van der Waals surface area contributed by atoms with Gasteiger partial charge in [0.2, 0.25) is 5.91 Å². The van der Waals surface area contributed by atoms with E-state index in [0.717, 1.165) is 13.0 Å². The van der Waals surface area contributed by atoms with Crippen LogP contribution < -0.4 is 0 Å². The molecule has 3 rings (SSSR count). The van der Waals surface area contributed by atoms with Gasteiger partial charge in [0.25, 0.3) is 0 Å². The van der Waals surface area contributed by atoms with Gasteiger partial charge in [-0.25, -0.2) is 0 Å². The maximum atomic E-state index is 12.4. The van der Waals surface area contributed by atoms with Crippen molar-refractivity contribution in [2.75, 3.05) is 26.3 Å². The number of amides is 1. The molecule has 2 heterocycles. The minimum absolute atomic E-state index is 0.297. The molecule has 0 bridgehead atoms. The monoisotopic (exact) mass is 281 g/mol. The third-order valence-corrected chi connectivity index (χ3v) is 5.28. The quantitative estimate of drug-likeness (QED) is 0.781. The first-order valence-electron chi connectivity index (χ1n) is 8.04. The van der Waals surface area contributed by atoms with E-state index in [9.17, 15) is 4.79 Å². The highest BCUT2D eigenvalue weighted by Gasteiger charge is 2.45. The molecule has 4 heteroatoms. The summed E-state index contributed by atoms with van der Waals surface area (Å²) in [5.74, 6) is 0.410. The van der Waals surface area contributed by atoms with Crippen molar-refractivity contribution < 1.29 is 14.3 Å². The molecule has 2 saturated heterocycles. The average molecular weight is 281 g/mol. The third-order valence-electron chi connectivity index (χ3n) is 5.28. The Balaban J connectivity index is 1.48. The van der Waals surface area contributed by atoms with Crippen LogP contribution in [-0.2, 0) is 14.3 Å². The van der Waals surface area contributed by atoms with Crippen molar-refractivity contribution in [2.24, 2.45) is 11.3 Å². The molecular formula is C16H27NO3. The molecule has 0 aromatic heterocycles. The van der Waals surface area contributed by atoms with E-state index in [-0.39, 0.29) is 0 Å². The number of ether oxygens (including phenoxy) is 2.